The predicted molar refractivity (Wildman–Crippen MR) is 103 cm³/mol. The number of rotatable bonds is 5. The minimum Gasteiger partial charge on any atom is -0.355 e. The van der Waals surface area contributed by atoms with Crippen LogP contribution < -0.4 is 10.2 Å². The summed E-state index contributed by atoms with van der Waals surface area (Å²) in [6, 6.07) is 17.2. The number of amides is 1. The fraction of sp³-hybridized carbons (Fsp3) is 0.100. The van der Waals surface area contributed by atoms with Crippen molar-refractivity contribution in [3.05, 3.63) is 83.4 Å². The Labute approximate surface area is 156 Å². The molecule has 0 radical (unpaired) electrons. The van der Waals surface area contributed by atoms with E-state index < -0.39 is 5.82 Å². The number of halogens is 2. The van der Waals surface area contributed by atoms with Crippen LogP contribution in [0.1, 0.15) is 17.4 Å². The topological polar surface area (TPSA) is 45.2 Å². The average Bonchev–Trinajstić information content (AvgIpc) is 2.66. The first-order chi connectivity index (χ1) is 12.6. The molecule has 1 heterocycles. The van der Waals surface area contributed by atoms with E-state index in [-0.39, 0.29) is 10.9 Å². The highest BCUT2D eigenvalue weighted by Gasteiger charge is 2.17. The largest absolute Gasteiger partial charge is 0.355 e. The van der Waals surface area contributed by atoms with Crippen LogP contribution in [0, 0.1) is 5.82 Å². The van der Waals surface area contributed by atoms with E-state index in [1.807, 2.05) is 37.3 Å². The van der Waals surface area contributed by atoms with Gasteiger partial charge < -0.3 is 10.2 Å². The van der Waals surface area contributed by atoms with Crippen LogP contribution in [0.3, 0.4) is 0 Å². The van der Waals surface area contributed by atoms with Gasteiger partial charge in [0.1, 0.15) is 11.5 Å². The van der Waals surface area contributed by atoms with Crippen LogP contribution in [-0.4, -0.2) is 17.4 Å². The number of aromatic nitrogens is 1. The van der Waals surface area contributed by atoms with Crippen LogP contribution in [0.5, 0.6) is 0 Å². The lowest BCUT2D eigenvalue weighted by atomic mass is 10.2. The molecule has 0 aliphatic carbocycles. The summed E-state index contributed by atoms with van der Waals surface area (Å²) in [5.41, 5.74) is 2.41. The van der Waals surface area contributed by atoms with Crippen LogP contribution in [0.4, 0.5) is 21.5 Å². The van der Waals surface area contributed by atoms with Gasteiger partial charge in [0, 0.05) is 29.8 Å². The first-order valence-electron chi connectivity index (χ1n) is 8.13. The lowest BCUT2D eigenvalue weighted by Gasteiger charge is -2.20. The normalized spacial score (nSPS) is 10.4. The molecule has 1 aromatic heterocycles. The molecule has 0 atom stereocenters. The molecular formula is C20H17ClFN3O. The number of pyridine rings is 1. The van der Waals surface area contributed by atoms with Gasteiger partial charge in [-0.2, -0.15) is 0 Å². The lowest BCUT2D eigenvalue weighted by molar-refractivity contribution is 0.0983. The van der Waals surface area contributed by atoms with Crippen molar-refractivity contribution < 1.29 is 9.18 Å². The van der Waals surface area contributed by atoms with Crippen LogP contribution in [0.2, 0.25) is 5.02 Å². The minimum atomic E-state index is -0.482. The number of anilines is 3. The second-order valence-electron chi connectivity index (χ2n) is 5.57. The second-order valence-corrected chi connectivity index (χ2v) is 5.98. The molecule has 0 aliphatic heterocycles. The standard InChI is InChI=1S/C20H17ClFN3O/c1-2-25(16-6-4-3-5-7-16)20(26)19-13-15(10-11-23-19)24-14-8-9-18(22)17(21)12-14/h3-13H,2H2,1H3,(H,23,24). The molecule has 3 aromatic rings. The summed E-state index contributed by atoms with van der Waals surface area (Å²) in [4.78, 5) is 18.7. The molecule has 0 spiro atoms. The van der Waals surface area contributed by atoms with Crippen molar-refractivity contribution in [1.82, 2.24) is 4.98 Å². The Bertz CT molecular complexity index is 918. The summed E-state index contributed by atoms with van der Waals surface area (Å²) in [5, 5.41) is 3.13. The fourth-order valence-electron chi connectivity index (χ4n) is 2.56. The highest BCUT2D eigenvalue weighted by atomic mass is 35.5. The summed E-state index contributed by atoms with van der Waals surface area (Å²) in [6.07, 6.45) is 1.56. The van der Waals surface area contributed by atoms with Gasteiger partial charge in [0.25, 0.3) is 5.91 Å². The third-order valence-corrected chi connectivity index (χ3v) is 4.11. The molecule has 0 saturated heterocycles. The number of carbonyl (C=O) groups excluding carboxylic acids is 1. The van der Waals surface area contributed by atoms with Crippen LogP contribution in [0.15, 0.2) is 66.9 Å². The number of hydrogen-bond donors (Lipinski definition) is 1. The Balaban J connectivity index is 1.84. The van der Waals surface area contributed by atoms with Gasteiger partial charge in [-0.05, 0) is 49.4 Å². The Morgan fingerprint density at radius 1 is 1.12 bits per heavy atom. The van der Waals surface area contributed by atoms with Crippen LogP contribution in [0.25, 0.3) is 0 Å². The van der Waals surface area contributed by atoms with Gasteiger partial charge in [-0.3, -0.25) is 9.78 Å². The molecular weight excluding hydrogens is 353 g/mol. The third kappa shape index (κ3) is 4.00. The van der Waals surface area contributed by atoms with Crippen molar-refractivity contribution >= 4 is 34.6 Å². The highest BCUT2D eigenvalue weighted by molar-refractivity contribution is 6.31. The number of nitrogens with one attached hydrogen (secondary N) is 1. The van der Waals surface area contributed by atoms with E-state index >= 15 is 0 Å². The molecule has 0 unspecified atom stereocenters. The van der Waals surface area contributed by atoms with Gasteiger partial charge in [-0.15, -0.1) is 0 Å². The first-order valence-corrected chi connectivity index (χ1v) is 8.51. The Morgan fingerprint density at radius 2 is 1.85 bits per heavy atom. The lowest BCUT2D eigenvalue weighted by Crippen LogP contribution is -2.31. The van der Waals surface area contributed by atoms with Crippen molar-refractivity contribution in [1.29, 1.82) is 0 Å². The van der Waals surface area contributed by atoms with E-state index in [0.717, 1.165) is 5.69 Å². The molecule has 3 rings (SSSR count). The summed E-state index contributed by atoms with van der Waals surface area (Å²) < 4.78 is 13.3. The maximum Gasteiger partial charge on any atom is 0.276 e. The zero-order valence-electron chi connectivity index (χ0n) is 14.1. The smallest absolute Gasteiger partial charge is 0.276 e. The molecule has 1 N–H and O–H groups in total. The summed E-state index contributed by atoms with van der Waals surface area (Å²) in [7, 11) is 0. The van der Waals surface area contributed by atoms with E-state index in [9.17, 15) is 9.18 Å². The monoisotopic (exact) mass is 369 g/mol. The molecule has 132 valence electrons. The zero-order valence-corrected chi connectivity index (χ0v) is 14.9. The van der Waals surface area contributed by atoms with Gasteiger partial charge in [0.05, 0.1) is 5.02 Å². The Hall–Kier alpha value is -2.92. The minimum absolute atomic E-state index is 0.0293. The summed E-state index contributed by atoms with van der Waals surface area (Å²) in [6.45, 7) is 2.43. The van der Waals surface area contributed by atoms with Crippen molar-refractivity contribution in [3.63, 3.8) is 0 Å². The van der Waals surface area contributed by atoms with Crippen molar-refractivity contribution in [2.24, 2.45) is 0 Å². The quantitative estimate of drug-likeness (QED) is 0.665. The van der Waals surface area contributed by atoms with Gasteiger partial charge in [-0.1, -0.05) is 29.8 Å². The molecule has 26 heavy (non-hydrogen) atoms. The third-order valence-electron chi connectivity index (χ3n) is 3.82. The number of hydrogen-bond acceptors (Lipinski definition) is 3. The van der Waals surface area contributed by atoms with E-state index in [1.54, 1.807) is 29.3 Å². The summed E-state index contributed by atoms with van der Waals surface area (Å²) >= 11 is 5.80. The Morgan fingerprint density at radius 3 is 2.54 bits per heavy atom. The molecule has 2 aromatic carbocycles. The number of nitrogens with zero attached hydrogens (tertiary/aromatic N) is 2. The highest BCUT2D eigenvalue weighted by Crippen LogP contribution is 2.23. The van der Waals surface area contributed by atoms with Gasteiger partial charge in [0.2, 0.25) is 0 Å². The predicted octanol–water partition coefficient (Wildman–Crippen LogP) is 5.28. The van der Waals surface area contributed by atoms with Gasteiger partial charge in [0.15, 0.2) is 0 Å². The van der Waals surface area contributed by atoms with Crippen molar-refractivity contribution in [3.8, 4) is 0 Å². The maximum atomic E-state index is 13.3. The van der Waals surface area contributed by atoms with Gasteiger partial charge >= 0.3 is 0 Å². The van der Waals surface area contributed by atoms with Crippen LogP contribution in [-0.2, 0) is 0 Å². The molecule has 4 nitrogen and oxygen atoms in total. The van der Waals surface area contributed by atoms with E-state index in [0.29, 0.717) is 23.6 Å². The SMILES string of the molecule is CCN(C(=O)c1cc(Nc2ccc(F)c(Cl)c2)ccn1)c1ccccc1. The van der Waals surface area contributed by atoms with Crippen molar-refractivity contribution in [2.75, 3.05) is 16.8 Å². The summed E-state index contributed by atoms with van der Waals surface area (Å²) in [5.74, 6) is -0.677. The van der Waals surface area contributed by atoms with E-state index in [1.165, 1.54) is 12.1 Å². The fourth-order valence-corrected chi connectivity index (χ4v) is 2.74. The number of benzene rings is 2. The van der Waals surface area contributed by atoms with Crippen LogP contribution >= 0.6 is 11.6 Å². The maximum absolute atomic E-state index is 13.3. The molecule has 0 saturated carbocycles. The molecule has 6 heteroatoms. The first kappa shape index (κ1) is 17.9. The van der Waals surface area contributed by atoms with E-state index in [4.69, 9.17) is 11.6 Å². The molecule has 1 amide bonds. The van der Waals surface area contributed by atoms with E-state index in [2.05, 4.69) is 10.3 Å². The molecule has 0 fully saturated rings. The average molecular weight is 370 g/mol. The molecule has 0 bridgehead atoms. The zero-order chi connectivity index (χ0) is 18.5. The Kier molecular flexibility index (Phi) is 5.49. The molecule has 0 aliphatic rings. The van der Waals surface area contributed by atoms with Gasteiger partial charge in [-0.25, -0.2) is 4.39 Å². The number of para-hydroxylation sites is 1. The number of carbonyl (C=O) groups is 1. The second kappa shape index (κ2) is 7.97. The van der Waals surface area contributed by atoms with Crippen molar-refractivity contribution in [2.45, 2.75) is 6.92 Å².